The van der Waals surface area contributed by atoms with E-state index >= 15 is 0 Å². The molecular weight excluding hydrogens is 379 g/mol. The van der Waals surface area contributed by atoms with Crippen LogP contribution in [0, 0.1) is 5.82 Å². The first kappa shape index (κ1) is 20.2. The highest BCUT2D eigenvalue weighted by Crippen LogP contribution is 2.12. The van der Waals surface area contributed by atoms with E-state index in [4.69, 9.17) is 4.74 Å². The quantitative estimate of drug-likeness (QED) is 0.723. The molecule has 0 bridgehead atoms. The van der Waals surface area contributed by atoms with E-state index in [1.807, 2.05) is 18.2 Å². The summed E-state index contributed by atoms with van der Waals surface area (Å²) < 4.78 is 18.4. The summed E-state index contributed by atoms with van der Waals surface area (Å²) in [6.07, 6.45) is 1.72. The van der Waals surface area contributed by atoms with E-state index in [0.29, 0.717) is 26.2 Å². The van der Waals surface area contributed by atoms with Crippen LogP contribution in [0.4, 0.5) is 10.2 Å². The lowest BCUT2D eigenvalue weighted by molar-refractivity contribution is -0.151. The lowest BCUT2D eigenvalue weighted by atomic mass is 10.2. The van der Waals surface area contributed by atoms with Crippen LogP contribution in [-0.2, 0) is 14.3 Å². The van der Waals surface area contributed by atoms with Crippen molar-refractivity contribution < 1.29 is 23.5 Å². The Morgan fingerprint density at radius 2 is 1.76 bits per heavy atom. The second-order valence-corrected chi connectivity index (χ2v) is 6.38. The van der Waals surface area contributed by atoms with E-state index in [2.05, 4.69) is 15.2 Å². The standard InChI is InChI=1S/C20H21FN4O4/c21-16-6-2-1-5-15(16)20(28)23-13-19(27)29-14-18(26)25-11-9-24(10-12-25)17-7-3-4-8-22-17/h1-8H,9-14H2,(H,23,28). The molecule has 0 aliphatic carbocycles. The van der Waals surface area contributed by atoms with Gasteiger partial charge in [-0.05, 0) is 24.3 Å². The Balaban J connectivity index is 1.38. The highest BCUT2D eigenvalue weighted by Gasteiger charge is 2.22. The average molecular weight is 400 g/mol. The summed E-state index contributed by atoms with van der Waals surface area (Å²) in [6.45, 7) is 1.41. The maximum Gasteiger partial charge on any atom is 0.325 e. The number of benzene rings is 1. The van der Waals surface area contributed by atoms with Crippen molar-refractivity contribution in [2.45, 2.75) is 0 Å². The van der Waals surface area contributed by atoms with Crippen LogP contribution in [0.5, 0.6) is 0 Å². The molecule has 9 heteroatoms. The maximum atomic E-state index is 13.5. The van der Waals surface area contributed by atoms with Crippen molar-refractivity contribution in [1.82, 2.24) is 15.2 Å². The number of esters is 1. The number of pyridine rings is 1. The van der Waals surface area contributed by atoms with Gasteiger partial charge in [0.15, 0.2) is 6.61 Å². The maximum absolute atomic E-state index is 13.5. The van der Waals surface area contributed by atoms with Crippen LogP contribution in [-0.4, -0.2) is 67.0 Å². The van der Waals surface area contributed by atoms with Gasteiger partial charge in [-0.3, -0.25) is 14.4 Å². The molecule has 2 aromatic rings. The number of hydrogen-bond acceptors (Lipinski definition) is 6. The Kier molecular flexibility index (Phi) is 6.72. The van der Waals surface area contributed by atoms with Crippen molar-refractivity contribution in [1.29, 1.82) is 0 Å². The summed E-state index contributed by atoms with van der Waals surface area (Å²) in [5, 5.41) is 2.27. The number of rotatable bonds is 6. The fourth-order valence-corrected chi connectivity index (χ4v) is 2.90. The lowest BCUT2D eigenvalue weighted by Gasteiger charge is -2.35. The average Bonchev–Trinajstić information content (AvgIpc) is 2.77. The van der Waals surface area contributed by atoms with Gasteiger partial charge in [0.2, 0.25) is 0 Å². The number of piperazine rings is 1. The Morgan fingerprint density at radius 3 is 2.45 bits per heavy atom. The molecule has 1 saturated heterocycles. The predicted molar refractivity (Wildman–Crippen MR) is 103 cm³/mol. The number of anilines is 1. The molecule has 1 aromatic carbocycles. The van der Waals surface area contributed by atoms with E-state index in [-0.39, 0.29) is 11.5 Å². The number of aromatic nitrogens is 1. The predicted octanol–water partition coefficient (Wildman–Crippen LogP) is 0.842. The summed E-state index contributed by atoms with van der Waals surface area (Å²) in [7, 11) is 0. The second-order valence-electron chi connectivity index (χ2n) is 6.38. The van der Waals surface area contributed by atoms with Crippen LogP contribution in [0.2, 0.25) is 0 Å². The first-order valence-corrected chi connectivity index (χ1v) is 9.16. The molecule has 1 N–H and O–H groups in total. The van der Waals surface area contributed by atoms with E-state index in [0.717, 1.165) is 11.9 Å². The van der Waals surface area contributed by atoms with Gasteiger partial charge in [-0.25, -0.2) is 9.37 Å². The van der Waals surface area contributed by atoms with E-state index in [1.165, 1.54) is 18.2 Å². The molecule has 0 radical (unpaired) electrons. The minimum atomic E-state index is -0.768. The first-order chi connectivity index (χ1) is 14.0. The zero-order valence-corrected chi connectivity index (χ0v) is 15.7. The minimum absolute atomic E-state index is 0.165. The molecule has 29 heavy (non-hydrogen) atoms. The van der Waals surface area contributed by atoms with Gasteiger partial charge in [-0.2, -0.15) is 0 Å². The molecule has 1 aliphatic heterocycles. The molecule has 3 rings (SSSR count). The Labute approximate surface area is 167 Å². The van der Waals surface area contributed by atoms with Crippen molar-refractivity contribution in [3.63, 3.8) is 0 Å². The Morgan fingerprint density at radius 1 is 1.03 bits per heavy atom. The van der Waals surface area contributed by atoms with Gasteiger partial charge in [0, 0.05) is 32.4 Å². The highest BCUT2D eigenvalue weighted by atomic mass is 19.1. The first-order valence-electron chi connectivity index (χ1n) is 9.16. The largest absolute Gasteiger partial charge is 0.454 e. The van der Waals surface area contributed by atoms with Gasteiger partial charge in [-0.1, -0.05) is 18.2 Å². The topological polar surface area (TPSA) is 91.8 Å². The Hall–Kier alpha value is -3.49. The fraction of sp³-hybridized carbons (Fsp3) is 0.300. The van der Waals surface area contributed by atoms with Gasteiger partial charge in [-0.15, -0.1) is 0 Å². The smallest absolute Gasteiger partial charge is 0.325 e. The summed E-state index contributed by atoms with van der Waals surface area (Å²) in [5.74, 6) is -1.62. The van der Waals surface area contributed by atoms with Crippen LogP contribution < -0.4 is 10.2 Å². The summed E-state index contributed by atoms with van der Waals surface area (Å²) in [6, 6.07) is 11.1. The van der Waals surface area contributed by atoms with Crippen molar-refractivity contribution in [3.05, 3.63) is 60.0 Å². The number of carbonyl (C=O) groups excluding carboxylic acids is 3. The van der Waals surface area contributed by atoms with Crippen molar-refractivity contribution >= 4 is 23.6 Å². The monoisotopic (exact) mass is 400 g/mol. The molecule has 0 spiro atoms. The van der Waals surface area contributed by atoms with Gasteiger partial charge in [0.1, 0.15) is 18.2 Å². The molecule has 8 nitrogen and oxygen atoms in total. The van der Waals surface area contributed by atoms with Gasteiger partial charge in [0.05, 0.1) is 5.56 Å². The molecule has 1 aliphatic rings. The number of ether oxygens (including phenoxy) is 1. The molecule has 0 atom stereocenters. The highest BCUT2D eigenvalue weighted by molar-refractivity contribution is 5.96. The number of nitrogens with one attached hydrogen (secondary N) is 1. The van der Waals surface area contributed by atoms with Crippen molar-refractivity contribution in [2.24, 2.45) is 0 Å². The number of hydrogen-bond donors (Lipinski definition) is 1. The third-order valence-corrected chi connectivity index (χ3v) is 4.47. The molecule has 2 heterocycles. The van der Waals surface area contributed by atoms with Crippen LogP contribution >= 0.6 is 0 Å². The second kappa shape index (κ2) is 9.63. The van der Waals surface area contributed by atoms with E-state index in [1.54, 1.807) is 11.1 Å². The van der Waals surface area contributed by atoms with E-state index in [9.17, 15) is 18.8 Å². The normalized spacial score (nSPS) is 13.7. The van der Waals surface area contributed by atoms with Crippen LogP contribution in [0.3, 0.4) is 0 Å². The number of amides is 2. The SMILES string of the molecule is O=C(CNC(=O)c1ccccc1F)OCC(=O)N1CCN(c2ccccn2)CC1. The zero-order valence-electron chi connectivity index (χ0n) is 15.7. The fourth-order valence-electron chi connectivity index (χ4n) is 2.90. The van der Waals surface area contributed by atoms with Crippen LogP contribution in [0.25, 0.3) is 0 Å². The number of carbonyl (C=O) groups is 3. The number of nitrogens with zero attached hydrogens (tertiary/aromatic N) is 3. The molecule has 0 unspecified atom stereocenters. The molecule has 0 saturated carbocycles. The minimum Gasteiger partial charge on any atom is -0.454 e. The Bertz CT molecular complexity index is 870. The third-order valence-electron chi connectivity index (χ3n) is 4.47. The third kappa shape index (κ3) is 5.50. The van der Waals surface area contributed by atoms with Crippen LogP contribution in [0.15, 0.2) is 48.7 Å². The zero-order chi connectivity index (χ0) is 20.6. The van der Waals surface area contributed by atoms with Gasteiger partial charge in [0.25, 0.3) is 11.8 Å². The van der Waals surface area contributed by atoms with Crippen LogP contribution in [0.1, 0.15) is 10.4 Å². The molecule has 2 amide bonds. The molecule has 1 fully saturated rings. The molecular formula is C20H21FN4O4. The summed E-state index contributed by atoms with van der Waals surface area (Å²) in [5.41, 5.74) is -0.165. The van der Waals surface area contributed by atoms with Gasteiger partial charge < -0.3 is 19.9 Å². The van der Waals surface area contributed by atoms with Gasteiger partial charge >= 0.3 is 5.97 Å². The van der Waals surface area contributed by atoms with Crippen molar-refractivity contribution in [3.8, 4) is 0 Å². The van der Waals surface area contributed by atoms with Crippen molar-refractivity contribution in [2.75, 3.05) is 44.2 Å². The van der Waals surface area contributed by atoms with E-state index < -0.39 is 30.8 Å². The molecule has 1 aromatic heterocycles. The summed E-state index contributed by atoms with van der Waals surface area (Å²) in [4.78, 5) is 43.8. The molecule has 152 valence electrons. The summed E-state index contributed by atoms with van der Waals surface area (Å²) >= 11 is 0. The number of halogens is 1. The lowest BCUT2D eigenvalue weighted by Crippen LogP contribution is -2.50.